The molecule has 1 aromatic carbocycles. The van der Waals surface area contributed by atoms with Gasteiger partial charge >= 0.3 is 0 Å². The van der Waals surface area contributed by atoms with Crippen molar-refractivity contribution < 1.29 is 4.39 Å². The molecular formula is C14H17ClFN3. The zero-order chi connectivity index (χ0) is 13.8. The Bertz CT molecular complexity index is 553. The minimum Gasteiger partial charge on any atom is -0.305 e. The highest BCUT2D eigenvalue weighted by Gasteiger charge is 2.18. The van der Waals surface area contributed by atoms with E-state index in [4.69, 9.17) is 11.6 Å². The predicted molar refractivity (Wildman–Crippen MR) is 74.8 cm³/mol. The smallest absolute Gasteiger partial charge is 0.124 e. The van der Waals surface area contributed by atoms with Crippen LogP contribution in [0.2, 0.25) is 5.02 Å². The third-order valence-corrected chi connectivity index (χ3v) is 3.23. The molecule has 0 radical (unpaired) electrons. The van der Waals surface area contributed by atoms with Crippen LogP contribution in [0, 0.1) is 5.82 Å². The summed E-state index contributed by atoms with van der Waals surface area (Å²) in [5.74, 6) is -0.330. The lowest BCUT2D eigenvalue weighted by Crippen LogP contribution is -2.24. The van der Waals surface area contributed by atoms with Gasteiger partial charge in [0.2, 0.25) is 0 Å². The van der Waals surface area contributed by atoms with Crippen LogP contribution in [0.5, 0.6) is 0 Å². The zero-order valence-electron chi connectivity index (χ0n) is 11.0. The van der Waals surface area contributed by atoms with Gasteiger partial charge in [-0.1, -0.05) is 24.6 Å². The molecule has 0 aliphatic rings. The van der Waals surface area contributed by atoms with E-state index < -0.39 is 0 Å². The number of aryl methyl sites for hydroxylation is 1. The van der Waals surface area contributed by atoms with E-state index >= 15 is 0 Å². The van der Waals surface area contributed by atoms with Crippen molar-refractivity contribution in [3.05, 3.63) is 52.6 Å². The standard InChI is InChI=1S/C14H17ClFN3/c1-3-7-17-14(13-6-8-19(2)18-13)11-5-4-10(16)9-12(11)15/h4-6,8-9,14,17H,3,7H2,1-2H3. The molecule has 0 saturated heterocycles. The van der Waals surface area contributed by atoms with Crippen LogP contribution in [0.15, 0.2) is 30.5 Å². The van der Waals surface area contributed by atoms with Crippen molar-refractivity contribution in [1.29, 1.82) is 0 Å². The van der Waals surface area contributed by atoms with Crippen LogP contribution in [-0.4, -0.2) is 16.3 Å². The minimum atomic E-state index is -0.330. The lowest BCUT2D eigenvalue weighted by molar-refractivity contribution is 0.572. The Morgan fingerprint density at radius 2 is 2.21 bits per heavy atom. The number of nitrogens with zero attached hydrogens (tertiary/aromatic N) is 2. The van der Waals surface area contributed by atoms with Crippen LogP contribution in [0.4, 0.5) is 4.39 Å². The second-order valence-corrected chi connectivity index (χ2v) is 4.87. The van der Waals surface area contributed by atoms with Gasteiger partial charge in [0.15, 0.2) is 0 Å². The van der Waals surface area contributed by atoms with Gasteiger partial charge in [-0.3, -0.25) is 4.68 Å². The van der Waals surface area contributed by atoms with Crippen molar-refractivity contribution in [2.45, 2.75) is 19.4 Å². The largest absolute Gasteiger partial charge is 0.305 e. The molecule has 0 saturated carbocycles. The Kier molecular flexibility index (Phi) is 4.56. The van der Waals surface area contributed by atoms with E-state index in [0.717, 1.165) is 24.2 Å². The lowest BCUT2D eigenvalue weighted by Gasteiger charge is -2.18. The molecule has 1 unspecified atom stereocenters. The molecular weight excluding hydrogens is 265 g/mol. The fourth-order valence-corrected chi connectivity index (χ4v) is 2.26. The molecule has 2 aromatic rings. The normalized spacial score (nSPS) is 12.6. The van der Waals surface area contributed by atoms with Crippen molar-refractivity contribution in [2.75, 3.05) is 6.54 Å². The van der Waals surface area contributed by atoms with Crippen LogP contribution in [0.1, 0.15) is 30.6 Å². The molecule has 0 bridgehead atoms. The SMILES string of the molecule is CCCNC(c1ccn(C)n1)c1ccc(F)cc1Cl. The van der Waals surface area contributed by atoms with Crippen LogP contribution in [0.3, 0.4) is 0 Å². The fourth-order valence-electron chi connectivity index (χ4n) is 1.99. The molecule has 102 valence electrons. The van der Waals surface area contributed by atoms with E-state index in [9.17, 15) is 4.39 Å². The van der Waals surface area contributed by atoms with E-state index in [1.54, 1.807) is 10.7 Å². The van der Waals surface area contributed by atoms with Gasteiger partial charge in [-0.05, 0) is 36.7 Å². The van der Waals surface area contributed by atoms with Crippen molar-refractivity contribution in [3.8, 4) is 0 Å². The summed E-state index contributed by atoms with van der Waals surface area (Å²) in [5, 5.41) is 8.21. The third kappa shape index (κ3) is 3.33. The van der Waals surface area contributed by atoms with Crippen molar-refractivity contribution >= 4 is 11.6 Å². The van der Waals surface area contributed by atoms with Gasteiger partial charge in [-0.15, -0.1) is 0 Å². The van der Waals surface area contributed by atoms with Crippen LogP contribution in [0.25, 0.3) is 0 Å². The highest BCUT2D eigenvalue weighted by Crippen LogP contribution is 2.28. The van der Waals surface area contributed by atoms with Crippen molar-refractivity contribution in [1.82, 2.24) is 15.1 Å². The minimum absolute atomic E-state index is 0.116. The molecule has 2 rings (SSSR count). The summed E-state index contributed by atoms with van der Waals surface area (Å²) < 4.78 is 14.9. The Hall–Kier alpha value is -1.39. The second-order valence-electron chi connectivity index (χ2n) is 4.47. The molecule has 19 heavy (non-hydrogen) atoms. The maximum atomic E-state index is 13.1. The first kappa shape index (κ1) is 14.0. The molecule has 5 heteroatoms. The topological polar surface area (TPSA) is 29.9 Å². The van der Waals surface area contributed by atoms with Crippen LogP contribution < -0.4 is 5.32 Å². The average Bonchev–Trinajstić information content (AvgIpc) is 2.78. The third-order valence-electron chi connectivity index (χ3n) is 2.90. The maximum Gasteiger partial charge on any atom is 0.124 e. The van der Waals surface area contributed by atoms with Crippen LogP contribution in [-0.2, 0) is 7.05 Å². The van der Waals surface area contributed by atoms with E-state index in [2.05, 4.69) is 17.3 Å². The van der Waals surface area contributed by atoms with Gasteiger partial charge < -0.3 is 5.32 Å². The number of aromatic nitrogens is 2. The number of nitrogens with one attached hydrogen (secondary N) is 1. The number of benzene rings is 1. The molecule has 1 N–H and O–H groups in total. The molecule has 0 aliphatic heterocycles. The number of hydrogen-bond donors (Lipinski definition) is 1. The zero-order valence-corrected chi connectivity index (χ0v) is 11.8. The molecule has 0 fully saturated rings. The molecule has 1 heterocycles. The first-order chi connectivity index (χ1) is 9.11. The monoisotopic (exact) mass is 281 g/mol. The molecule has 0 amide bonds. The summed E-state index contributed by atoms with van der Waals surface area (Å²) in [5.41, 5.74) is 1.72. The first-order valence-corrected chi connectivity index (χ1v) is 6.67. The molecule has 1 aromatic heterocycles. The Balaban J connectivity index is 2.36. The van der Waals surface area contributed by atoms with Gasteiger partial charge in [-0.25, -0.2) is 4.39 Å². The van der Waals surface area contributed by atoms with Gasteiger partial charge in [-0.2, -0.15) is 5.10 Å². The first-order valence-electron chi connectivity index (χ1n) is 6.29. The predicted octanol–water partition coefficient (Wildman–Crippen LogP) is 3.30. The quantitative estimate of drug-likeness (QED) is 0.911. The average molecular weight is 282 g/mol. The number of rotatable bonds is 5. The highest BCUT2D eigenvalue weighted by molar-refractivity contribution is 6.31. The summed E-state index contributed by atoms with van der Waals surface area (Å²) >= 11 is 6.15. The van der Waals surface area contributed by atoms with Gasteiger partial charge in [0.05, 0.1) is 11.7 Å². The maximum absolute atomic E-state index is 13.1. The van der Waals surface area contributed by atoms with Crippen LogP contribution >= 0.6 is 11.6 Å². The van der Waals surface area contributed by atoms with Gasteiger partial charge in [0.1, 0.15) is 5.82 Å². The second kappa shape index (κ2) is 6.17. The lowest BCUT2D eigenvalue weighted by atomic mass is 10.0. The summed E-state index contributed by atoms with van der Waals surface area (Å²) in [6.07, 6.45) is 2.88. The number of hydrogen-bond acceptors (Lipinski definition) is 2. The number of halogens is 2. The van der Waals surface area contributed by atoms with E-state index in [1.165, 1.54) is 12.1 Å². The van der Waals surface area contributed by atoms with E-state index in [0.29, 0.717) is 5.02 Å². The summed E-state index contributed by atoms with van der Waals surface area (Å²) in [6.45, 7) is 2.93. The highest BCUT2D eigenvalue weighted by atomic mass is 35.5. The fraction of sp³-hybridized carbons (Fsp3) is 0.357. The molecule has 0 aliphatic carbocycles. The molecule has 3 nitrogen and oxygen atoms in total. The van der Waals surface area contributed by atoms with Gasteiger partial charge in [0, 0.05) is 18.3 Å². The van der Waals surface area contributed by atoms with Gasteiger partial charge in [0.25, 0.3) is 0 Å². The van der Waals surface area contributed by atoms with Crippen molar-refractivity contribution in [2.24, 2.45) is 7.05 Å². The summed E-state index contributed by atoms with van der Waals surface area (Å²) in [7, 11) is 1.87. The summed E-state index contributed by atoms with van der Waals surface area (Å²) in [6, 6.07) is 6.28. The van der Waals surface area contributed by atoms with E-state index in [-0.39, 0.29) is 11.9 Å². The van der Waals surface area contributed by atoms with E-state index in [1.807, 2.05) is 19.3 Å². The molecule has 1 atom stereocenters. The summed E-state index contributed by atoms with van der Waals surface area (Å²) in [4.78, 5) is 0. The Morgan fingerprint density at radius 3 is 2.79 bits per heavy atom. The van der Waals surface area contributed by atoms with Crippen molar-refractivity contribution in [3.63, 3.8) is 0 Å². The Labute approximate surface area is 117 Å². The Morgan fingerprint density at radius 1 is 1.42 bits per heavy atom. The molecule has 0 spiro atoms.